The quantitative estimate of drug-likeness (QED) is 0.201. The molecule has 0 saturated heterocycles. The average Bonchev–Trinajstić information content (AvgIpc) is 3.22. The van der Waals surface area contributed by atoms with Crippen molar-refractivity contribution in [1.29, 1.82) is 0 Å². The van der Waals surface area contributed by atoms with Gasteiger partial charge in [-0.3, -0.25) is 14.8 Å². The van der Waals surface area contributed by atoms with Gasteiger partial charge < -0.3 is 25.5 Å². The van der Waals surface area contributed by atoms with Crippen LogP contribution in [0.15, 0.2) is 107 Å². The minimum absolute atomic E-state index is 0.154. The number of rotatable bonds is 4. The Kier molecular flexibility index (Phi) is 9.68. The number of aliphatic carboxylic acids is 1. The van der Waals surface area contributed by atoms with Crippen LogP contribution < -0.4 is 10.2 Å². The highest BCUT2D eigenvalue weighted by molar-refractivity contribution is 6.32. The smallest absolute Gasteiger partial charge is 0.406 e. The Morgan fingerprint density at radius 2 is 1.43 bits per heavy atom. The maximum atomic E-state index is 12.9. The fraction of sp³-hybridized carbons (Fsp3) is 0.152. The lowest BCUT2D eigenvalue weighted by Crippen LogP contribution is -2.51. The molecule has 0 fully saturated rings. The zero-order valence-electron chi connectivity index (χ0n) is 24.1. The maximum absolute atomic E-state index is 12.9. The van der Waals surface area contributed by atoms with E-state index in [9.17, 15) is 38.1 Å². The number of fused-ring (bicyclic) bond motifs is 2. The number of nitrogens with one attached hydrogen (secondary N) is 1. The van der Waals surface area contributed by atoms with Crippen molar-refractivity contribution in [2.24, 2.45) is 9.98 Å². The number of carbonyl (C=O) groups is 2. The van der Waals surface area contributed by atoms with Crippen LogP contribution in [-0.4, -0.2) is 69.8 Å². The number of hydrogen-bond acceptors (Lipinski definition) is 7. The summed E-state index contributed by atoms with van der Waals surface area (Å²) in [4.78, 5) is 32.7. The SMILES string of the molecule is O=C(O)C1N=C(c2ccccc2)c2cc(Cl)ccc2NC1(O)O.O=C1CN=C(c2ccccc2)c2cc(Cl)ccc2N1CC(F)(F)F. The van der Waals surface area contributed by atoms with Crippen molar-refractivity contribution in [3.05, 3.63) is 129 Å². The summed E-state index contributed by atoms with van der Waals surface area (Å²) in [6, 6.07) is 25.2. The molecule has 0 radical (unpaired) electrons. The minimum Gasteiger partial charge on any atom is -0.479 e. The predicted octanol–water partition coefficient (Wildman–Crippen LogP) is 5.78. The molecule has 4 aromatic carbocycles. The Bertz CT molecular complexity index is 1870. The van der Waals surface area contributed by atoms with Crippen LogP contribution in [0.5, 0.6) is 0 Å². The van der Waals surface area contributed by atoms with Crippen molar-refractivity contribution in [1.82, 2.24) is 0 Å². The largest absolute Gasteiger partial charge is 0.479 e. The van der Waals surface area contributed by atoms with Crippen LogP contribution in [0.2, 0.25) is 10.0 Å². The third-order valence-corrected chi connectivity index (χ3v) is 7.51. The summed E-state index contributed by atoms with van der Waals surface area (Å²) in [6.45, 7) is -1.72. The van der Waals surface area contributed by atoms with E-state index in [2.05, 4.69) is 15.3 Å². The molecule has 4 aromatic rings. The molecule has 0 aliphatic carbocycles. The number of aliphatic imine (C=N–C) groups is 2. The van der Waals surface area contributed by atoms with E-state index in [0.717, 1.165) is 0 Å². The highest BCUT2D eigenvalue weighted by Crippen LogP contribution is 2.33. The van der Waals surface area contributed by atoms with Crippen LogP contribution >= 0.6 is 23.2 Å². The molecule has 4 N–H and O–H groups in total. The summed E-state index contributed by atoms with van der Waals surface area (Å²) in [5.74, 6) is -4.90. The lowest BCUT2D eigenvalue weighted by atomic mass is 10.00. The van der Waals surface area contributed by atoms with Gasteiger partial charge in [-0.2, -0.15) is 13.2 Å². The first-order valence-corrected chi connectivity index (χ1v) is 14.6. The summed E-state index contributed by atoms with van der Waals surface area (Å²) in [7, 11) is 0. The lowest BCUT2D eigenvalue weighted by molar-refractivity contribution is -0.175. The summed E-state index contributed by atoms with van der Waals surface area (Å²) in [5.41, 5.74) is 3.49. The van der Waals surface area contributed by atoms with Crippen molar-refractivity contribution in [3.8, 4) is 0 Å². The molecule has 1 amide bonds. The fourth-order valence-electron chi connectivity index (χ4n) is 5.01. The van der Waals surface area contributed by atoms with Crippen molar-refractivity contribution < 1.29 is 38.1 Å². The standard InChI is InChI=1S/C17H12ClF3N2O.C16H13ClN2O4/c18-12-6-7-14-13(8-12)16(11-4-2-1-3-5-11)22-9-15(24)23(14)10-17(19,20)21;17-10-6-7-12-11(8-10)13(9-4-2-1-3-5-9)18-14(15(20)21)16(22,23)19-12/h1-8H,9-10H2;1-8,14,19,22-23H,(H,20,21). The Morgan fingerprint density at radius 3 is 2.00 bits per heavy atom. The van der Waals surface area contributed by atoms with Crippen LogP contribution in [0, 0.1) is 0 Å². The maximum Gasteiger partial charge on any atom is 0.406 e. The number of amides is 1. The molecule has 9 nitrogen and oxygen atoms in total. The number of nitrogens with zero attached hydrogens (tertiary/aromatic N) is 3. The van der Waals surface area contributed by atoms with E-state index in [4.69, 9.17) is 23.2 Å². The van der Waals surface area contributed by atoms with E-state index in [-0.39, 0.29) is 12.2 Å². The van der Waals surface area contributed by atoms with Crippen LogP contribution in [0.25, 0.3) is 0 Å². The van der Waals surface area contributed by atoms with E-state index in [0.29, 0.717) is 54.3 Å². The number of anilines is 2. The van der Waals surface area contributed by atoms with Gasteiger partial charge in [0.25, 0.3) is 5.91 Å². The van der Waals surface area contributed by atoms with Gasteiger partial charge in [-0.25, -0.2) is 4.79 Å². The molecule has 242 valence electrons. The molecule has 47 heavy (non-hydrogen) atoms. The molecule has 14 heteroatoms. The number of carboxylic acid groups (broad SMARTS) is 1. The zero-order chi connectivity index (χ0) is 33.9. The molecule has 2 heterocycles. The van der Waals surface area contributed by atoms with Gasteiger partial charge in [-0.1, -0.05) is 83.9 Å². The molecule has 0 aromatic heterocycles. The second kappa shape index (κ2) is 13.5. The van der Waals surface area contributed by atoms with Gasteiger partial charge in [-0.05, 0) is 36.4 Å². The van der Waals surface area contributed by atoms with Crippen molar-refractivity contribution in [2.75, 3.05) is 23.3 Å². The highest BCUT2D eigenvalue weighted by atomic mass is 35.5. The number of aliphatic hydroxyl groups is 2. The van der Waals surface area contributed by atoms with E-state index >= 15 is 0 Å². The van der Waals surface area contributed by atoms with Gasteiger partial charge in [0.05, 0.1) is 17.1 Å². The zero-order valence-corrected chi connectivity index (χ0v) is 25.6. The Hall–Kier alpha value is -4.75. The van der Waals surface area contributed by atoms with Crippen molar-refractivity contribution in [2.45, 2.75) is 18.1 Å². The van der Waals surface area contributed by atoms with E-state index < -0.39 is 36.6 Å². The van der Waals surface area contributed by atoms with Crippen LogP contribution in [0.3, 0.4) is 0 Å². The number of carbonyl (C=O) groups excluding carboxylic acids is 1. The predicted molar refractivity (Wildman–Crippen MR) is 173 cm³/mol. The lowest BCUT2D eigenvalue weighted by Gasteiger charge is -2.25. The van der Waals surface area contributed by atoms with Crippen molar-refractivity contribution in [3.63, 3.8) is 0 Å². The Morgan fingerprint density at radius 1 is 0.872 bits per heavy atom. The first-order valence-electron chi connectivity index (χ1n) is 13.9. The summed E-state index contributed by atoms with van der Waals surface area (Å²) >= 11 is 12.0. The van der Waals surface area contributed by atoms with Gasteiger partial charge in [0.15, 0.2) is 0 Å². The monoisotopic (exact) mass is 684 g/mol. The molecule has 1 atom stereocenters. The molecule has 0 bridgehead atoms. The van der Waals surface area contributed by atoms with Gasteiger partial charge in [-0.15, -0.1) is 0 Å². The minimum atomic E-state index is -4.51. The van der Waals surface area contributed by atoms with Gasteiger partial charge >= 0.3 is 12.1 Å². The normalized spacial score (nSPS) is 17.0. The molecular formula is C33H25Cl2F3N4O5. The second-order valence-corrected chi connectivity index (χ2v) is 11.3. The topological polar surface area (TPSA) is 135 Å². The van der Waals surface area contributed by atoms with Gasteiger partial charge in [0.1, 0.15) is 13.1 Å². The van der Waals surface area contributed by atoms with Crippen LogP contribution in [0.4, 0.5) is 24.5 Å². The third kappa shape index (κ3) is 7.80. The summed E-state index contributed by atoms with van der Waals surface area (Å²) < 4.78 is 38.6. The molecule has 1 unspecified atom stereocenters. The number of benzodiazepines with no additional fused rings is 2. The second-order valence-electron chi connectivity index (χ2n) is 10.4. The number of benzene rings is 4. The third-order valence-electron chi connectivity index (χ3n) is 7.04. The number of hydrogen-bond donors (Lipinski definition) is 4. The van der Waals surface area contributed by atoms with E-state index in [1.807, 2.05) is 12.1 Å². The van der Waals surface area contributed by atoms with Crippen LogP contribution in [-0.2, 0) is 9.59 Å². The molecule has 2 aliphatic heterocycles. The molecule has 0 saturated carbocycles. The number of halogens is 5. The first kappa shape index (κ1) is 33.6. The van der Waals surface area contributed by atoms with Gasteiger partial charge in [0, 0.05) is 38.0 Å². The summed E-state index contributed by atoms with van der Waals surface area (Å²) in [5, 5.41) is 32.7. The first-order chi connectivity index (χ1) is 22.2. The van der Waals surface area contributed by atoms with Crippen LogP contribution in [0.1, 0.15) is 22.3 Å². The molecule has 0 spiro atoms. The Labute approximate surface area is 276 Å². The number of carboxylic acids is 1. The molecule has 6 rings (SSSR count). The molecular weight excluding hydrogens is 660 g/mol. The highest BCUT2D eigenvalue weighted by Gasteiger charge is 2.43. The fourth-order valence-corrected chi connectivity index (χ4v) is 5.35. The van der Waals surface area contributed by atoms with Gasteiger partial charge in [0.2, 0.25) is 11.9 Å². The Balaban J connectivity index is 0.000000185. The summed E-state index contributed by atoms with van der Waals surface area (Å²) in [6.07, 6.45) is -4.51. The van der Waals surface area contributed by atoms with E-state index in [1.165, 1.54) is 18.2 Å². The average molecular weight is 685 g/mol. The molecule has 2 aliphatic rings. The number of alkyl halides is 3. The van der Waals surface area contributed by atoms with Crippen molar-refractivity contribution >= 4 is 57.9 Å². The van der Waals surface area contributed by atoms with E-state index in [1.54, 1.807) is 66.7 Å².